The molecule has 0 bridgehead atoms. The summed E-state index contributed by atoms with van der Waals surface area (Å²) in [5, 5.41) is 26.1. The molecular weight excluding hydrogens is 540 g/mol. The molecule has 0 aliphatic heterocycles. The third kappa shape index (κ3) is 5.10. The molecule has 9 nitrogen and oxygen atoms in total. The molecule has 0 aliphatic rings. The Labute approximate surface area is 221 Å². The summed E-state index contributed by atoms with van der Waals surface area (Å²) in [6, 6.07) is 13.6. The maximum absolute atomic E-state index is 13.6. The summed E-state index contributed by atoms with van der Waals surface area (Å²) < 4.78 is 7.18. The number of aryl methyl sites for hydroxylation is 1. The molecule has 0 aliphatic carbocycles. The van der Waals surface area contributed by atoms with Gasteiger partial charge in [0.2, 0.25) is 5.75 Å². The third-order valence-corrected chi connectivity index (χ3v) is 6.46. The predicted molar refractivity (Wildman–Crippen MR) is 147 cm³/mol. The number of hydrogen-bond acceptors (Lipinski definition) is 7. The van der Waals surface area contributed by atoms with Gasteiger partial charge in [-0.25, -0.2) is 4.98 Å². The quantitative estimate of drug-likeness (QED) is 0.163. The highest BCUT2D eigenvalue weighted by atomic mass is 79.9. The lowest BCUT2D eigenvalue weighted by molar-refractivity contribution is -0.386. The van der Waals surface area contributed by atoms with Crippen LogP contribution in [0.1, 0.15) is 43.4 Å². The Kier molecular flexibility index (Phi) is 7.40. The first-order valence-electron chi connectivity index (χ1n) is 11.6. The van der Waals surface area contributed by atoms with Crippen molar-refractivity contribution in [2.75, 3.05) is 6.61 Å². The van der Waals surface area contributed by atoms with E-state index in [1.807, 2.05) is 32.0 Å². The largest absolute Gasteiger partial charge is 0.501 e. The van der Waals surface area contributed by atoms with Crippen LogP contribution in [-0.2, 0) is 0 Å². The second-order valence-corrected chi connectivity index (χ2v) is 9.59. The molecule has 1 aromatic heterocycles. The standard InChI is InChI=1S/C27H25BrN4O5/c1-5-37-24-10-16(4)20(13-19(24)15(2)3)26-30-22-9-7-6-8-18(22)27(34)31(26)29-14-17-11-21(28)25(33)23(12-17)32(35)36/h6-15,33H,5H2,1-4H3. The zero-order valence-corrected chi connectivity index (χ0v) is 22.3. The number of nitrogens with zero attached hydrogens (tertiary/aromatic N) is 4. The summed E-state index contributed by atoms with van der Waals surface area (Å²) in [6.45, 7) is 8.49. The molecule has 0 saturated heterocycles. The Hall–Kier alpha value is -4.05. The highest BCUT2D eigenvalue weighted by molar-refractivity contribution is 9.10. The molecular formula is C27H25BrN4O5. The number of ether oxygens (including phenoxy) is 1. The number of fused-ring (bicyclic) bond motifs is 1. The van der Waals surface area contributed by atoms with E-state index in [2.05, 4.69) is 34.9 Å². The predicted octanol–water partition coefficient (Wildman–Crippen LogP) is 6.15. The number of hydrogen-bond donors (Lipinski definition) is 1. The monoisotopic (exact) mass is 564 g/mol. The summed E-state index contributed by atoms with van der Waals surface area (Å²) >= 11 is 3.13. The van der Waals surface area contributed by atoms with Crippen LogP contribution in [0, 0.1) is 17.0 Å². The first-order chi connectivity index (χ1) is 17.6. The molecule has 1 N–H and O–H groups in total. The molecule has 190 valence electrons. The molecule has 0 fully saturated rings. The van der Waals surface area contributed by atoms with E-state index < -0.39 is 16.4 Å². The fourth-order valence-corrected chi connectivity index (χ4v) is 4.49. The number of phenols is 1. The molecule has 10 heteroatoms. The van der Waals surface area contributed by atoms with E-state index in [9.17, 15) is 20.0 Å². The van der Waals surface area contributed by atoms with Crippen molar-refractivity contribution >= 4 is 38.7 Å². The third-order valence-electron chi connectivity index (χ3n) is 5.86. The molecule has 0 unspecified atom stereocenters. The van der Waals surface area contributed by atoms with Gasteiger partial charge in [0.1, 0.15) is 5.75 Å². The first-order valence-corrected chi connectivity index (χ1v) is 12.4. The van der Waals surface area contributed by atoms with Gasteiger partial charge >= 0.3 is 5.69 Å². The van der Waals surface area contributed by atoms with Crippen LogP contribution in [0.4, 0.5) is 5.69 Å². The van der Waals surface area contributed by atoms with Gasteiger partial charge in [0.05, 0.1) is 33.1 Å². The molecule has 0 atom stereocenters. The van der Waals surface area contributed by atoms with Crippen LogP contribution in [0.3, 0.4) is 0 Å². The molecule has 3 aromatic carbocycles. The van der Waals surface area contributed by atoms with Crippen molar-refractivity contribution in [3.63, 3.8) is 0 Å². The van der Waals surface area contributed by atoms with Crippen LogP contribution >= 0.6 is 15.9 Å². The number of rotatable bonds is 7. The highest BCUT2D eigenvalue weighted by Gasteiger charge is 2.20. The maximum Gasteiger partial charge on any atom is 0.312 e. The van der Waals surface area contributed by atoms with E-state index in [4.69, 9.17) is 9.72 Å². The van der Waals surface area contributed by atoms with Crippen LogP contribution in [0.15, 0.2) is 62.9 Å². The van der Waals surface area contributed by atoms with Crippen molar-refractivity contribution in [1.82, 2.24) is 9.66 Å². The van der Waals surface area contributed by atoms with Gasteiger partial charge in [-0.1, -0.05) is 26.0 Å². The summed E-state index contributed by atoms with van der Waals surface area (Å²) in [7, 11) is 0. The number of benzene rings is 3. The topological polar surface area (TPSA) is 120 Å². The summed E-state index contributed by atoms with van der Waals surface area (Å²) in [5.41, 5.74) is 2.50. The second-order valence-electron chi connectivity index (χ2n) is 8.73. The van der Waals surface area contributed by atoms with E-state index >= 15 is 0 Å². The van der Waals surface area contributed by atoms with Crippen LogP contribution in [0.2, 0.25) is 0 Å². The van der Waals surface area contributed by atoms with Gasteiger partial charge in [0, 0.05) is 17.2 Å². The van der Waals surface area contributed by atoms with Gasteiger partial charge in [-0.3, -0.25) is 14.9 Å². The van der Waals surface area contributed by atoms with E-state index in [0.29, 0.717) is 34.5 Å². The van der Waals surface area contributed by atoms with E-state index in [0.717, 1.165) is 16.9 Å². The van der Waals surface area contributed by atoms with E-state index in [1.54, 1.807) is 18.2 Å². The van der Waals surface area contributed by atoms with Gasteiger partial charge in [0.15, 0.2) is 5.82 Å². The molecule has 0 radical (unpaired) electrons. The number of aromatic hydroxyl groups is 1. The van der Waals surface area contributed by atoms with Gasteiger partial charge < -0.3 is 9.84 Å². The Morgan fingerprint density at radius 1 is 1.24 bits per heavy atom. The van der Waals surface area contributed by atoms with E-state index in [1.165, 1.54) is 23.0 Å². The highest BCUT2D eigenvalue weighted by Crippen LogP contribution is 2.36. The fraction of sp³-hybridized carbons (Fsp3) is 0.222. The van der Waals surface area contributed by atoms with Crippen molar-refractivity contribution in [2.45, 2.75) is 33.6 Å². The van der Waals surface area contributed by atoms with Crippen LogP contribution in [0.5, 0.6) is 11.5 Å². The molecule has 0 amide bonds. The van der Waals surface area contributed by atoms with Crippen molar-refractivity contribution in [3.8, 4) is 22.9 Å². The Morgan fingerprint density at radius 3 is 2.65 bits per heavy atom. The van der Waals surface area contributed by atoms with Gasteiger partial charge in [-0.2, -0.15) is 9.78 Å². The average Bonchev–Trinajstić information content (AvgIpc) is 2.85. The lowest BCUT2D eigenvalue weighted by Crippen LogP contribution is -2.21. The Morgan fingerprint density at radius 2 is 1.97 bits per heavy atom. The number of halogens is 1. The first kappa shape index (κ1) is 26.0. The fourth-order valence-electron chi connectivity index (χ4n) is 4.02. The second kappa shape index (κ2) is 10.5. The number of nitro groups is 1. The summed E-state index contributed by atoms with van der Waals surface area (Å²) in [5.74, 6) is 0.770. The Bertz CT molecular complexity index is 1610. The van der Waals surface area contributed by atoms with Crippen molar-refractivity contribution in [2.24, 2.45) is 5.10 Å². The molecule has 1 heterocycles. The van der Waals surface area contributed by atoms with Crippen molar-refractivity contribution in [1.29, 1.82) is 0 Å². The zero-order valence-electron chi connectivity index (χ0n) is 20.7. The van der Waals surface area contributed by atoms with E-state index in [-0.39, 0.29) is 15.9 Å². The molecule has 37 heavy (non-hydrogen) atoms. The Balaban J connectivity index is 1.98. The van der Waals surface area contributed by atoms with Gasteiger partial charge in [0.25, 0.3) is 5.56 Å². The minimum Gasteiger partial charge on any atom is -0.501 e. The van der Waals surface area contributed by atoms with Gasteiger partial charge in [-0.05, 0) is 77.2 Å². The minimum absolute atomic E-state index is 0.135. The number of nitro benzene ring substituents is 1. The molecule has 0 saturated carbocycles. The van der Waals surface area contributed by atoms with Crippen molar-refractivity contribution in [3.05, 3.63) is 90.2 Å². The smallest absolute Gasteiger partial charge is 0.312 e. The van der Waals surface area contributed by atoms with Crippen molar-refractivity contribution < 1.29 is 14.8 Å². The average molecular weight is 565 g/mol. The lowest BCUT2D eigenvalue weighted by atomic mass is 9.96. The summed E-state index contributed by atoms with van der Waals surface area (Å²) in [4.78, 5) is 29.0. The lowest BCUT2D eigenvalue weighted by Gasteiger charge is -2.18. The minimum atomic E-state index is -0.691. The summed E-state index contributed by atoms with van der Waals surface area (Å²) in [6.07, 6.45) is 1.33. The van der Waals surface area contributed by atoms with Crippen LogP contribution < -0.4 is 10.3 Å². The normalized spacial score (nSPS) is 11.5. The number of aromatic nitrogens is 2. The molecule has 0 spiro atoms. The van der Waals surface area contributed by atoms with Gasteiger partial charge in [-0.15, -0.1) is 0 Å². The number of para-hydroxylation sites is 1. The molecule has 4 rings (SSSR count). The molecule has 4 aromatic rings. The zero-order chi connectivity index (χ0) is 26.9. The SMILES string of the molecule is CCOc1cc(C)c(-c2nc3ccccc3c(=O)n2N=Cc2cc(Br)c(O)c([N+](=O)[O-])c2)cc1C(C)C. The maximum atomic E-state index is 13.6. The van der Waals surface area contributed by atoms with Crippen LogP contribution in [0.25, 0.3) is 22.3 Å². The number of phenolic OH excluding ortho intramolecular Hbond substituents is 1. The van der Waals surface area contributed by atoms with Crippen LogP contribution in [-0.4, -0.2) is 32.5 Å².